The number of alkyl halides is 3. The normalized spacial score (nSPS) is 21.0. The summed E-state index contributed by atoms with van der Waals surface area (Å²) >= 11 is 0. The molecule has 262 valence electrons. The molecule has 3 aromatic carbocycles. The molecule has 2 aliphatic carbocycles. The topological polar surface area (TPSA) is 142 Å². The number of benzene rings is 3. The molecule has 0 aliphatic heterocycles. The van der Waals surface area contributed by atoms with Crippen LogP contribution >= 0.6 is 0 Å². The van der Waals surface area contributed by atoms with Crippen LogP contribution in [0.25, 0.3) is 11.1 Å². The third-order valence-corrected chi connectivity index (χ3v) is 10.9. The molecule has 15 heteroatoms. The Morgan fingerprint density at radius 1 is 1.02 bits per heavy atom. The summed E-state index contributed by atoms with van der Waals surface area (Å²) in [5.41, 5.74) is -4.41. The van der Waals surface area contributed by atoms with Crippen molar-refractivity contribution in [2.24, 2.45) is 17.8 Å². The maximum absolute atomic E-state index is 15.3. The molecule has 3 aromatic rings. The van der Waals surface area contributed by atoms with Crippen LogP contribution in [0.1, 0.15) is 35.2 Å². The lowest BCUT2D eigenvalue weighted by Gasteiger charge is -2.31. The molecule has 2 bridgehead atoms. The van der Waals surface area contributed by atoms with E-state index in [9.17, 15) is 41.1 Å². The molecule has 0 radical (unpaired) electrons. The van der Waals surface area contributed by atoms with Crippen LogP contribution in [-0.4, -0.2) is 75.0 Å². The van der Waals surface area contributed by atoms with Gasteiger partial charge in [0, 0.05) is 23.4 Å². The van der Waals surface area contributed by atoms with E-state index in [2.05, 4.69) is 10.6 Å². The highest BCUT2D eigenvalue weighted by Gasteiger charge is 2.52. The van der Waals surface area contributed by atoms with Crippen LogP contribution in [-0.2, 0) is 25.8 Å². The van der Waals surface area contributed by atoms with E-state index in [1.165, 1.54) is 19.2 Å². The van der Waals surface area contributed by atoms with Crippen LogP contribution < -0.4 is 15.4 Å². The number of ether oxygens (including phenoxy) is 1. The predicted molar refractivity (Wildman–Crippen MR) is 171 cm³/mol. The quantitative estimate of drug-likeness (QED) is 0.233. The summed E-state index contributed by atoms with van der Waals surface area (Å²) in [6, 6.07) is 11.5. The molecule has 0 heterocycles. The van der Waals surface area contributed by atoms with Gasteiger partial charge in [0.2, 0.25) is 5.91 Å². The second-order valence-electron chi connectivity index (χ2n) is 12.6. The van der Waals surface area contributed by atoms with Crippen LogP contribution in [0.4, 0.5) is 23.2 Å². The zero-order valence-electron chi connectivity index (χ0n) is 26.8. The standard InChI is InChI=1S/C34H35F4N3O7S/c1-41(2)27(33(44)45)13-18-7-9-19(10-8-18)24-16-25(28(48-3)17-26(24)35)31(42)40-30-21-12-11-20(14-21)29(30)32(43)39-22-5-4-6-23(15-22)49(46,47)34(36,37)38/h4-10,15-17,20-21,27,29-30H,11-14H2,1-3H3,(H,39,43)(H,40,42)(H,44,45)/t20?,21?,27-,29?,30?/m1/s1. The molecule has 2 saturated carbocycles. The van der Waals surface area contributed by atoms with E-state index in [1.807, 2.05) is 0 Å². The second-order valence-corrected chi connectivity index (χ2v) is 14.5. The summed E-state index contributed by atoms with van der Waals surface area (Å²) in [7, 11) is -1.03. The van der Waals surface area contributed by atoms with Crippen molar-refractivity contribution < 1.29 is 50.2 Å². The number of carbonyl (C=O) groups excluding carboxylic acids is 2. The monoisotopic (exact) mass is 705 g/mol. The number of carbonyl (C=O) groups is 3. The zero-order chi connectivity index (χ0) is 35.8. The number of carboxylic acid groups (broad SMARTS) is 1. The number of anilines is 1. The van der Waals surface area contributed by atoms with Crippen molar-refractivity contribution in [3.63, 3.8) is 0 Å². The van der Waals surface area contributed by atoms with E-state index in [-0.39, 0.29) is 40.8 Å². The first-order chi connectivity index (χ1) is 23.0. The summed E-state index contributed by atoms with van der Waals surface area (Å²) in [5.74, 6) is -3.86. The van der Waals surface area contributed by atoms with Gasteiger partial charge in [0.1, 0.15) is 17.6 Å². The summed E-state index contributed by atoms with van der Waals surface area (Å²) in [4.78, 5) is 39.4. The Morgan fingerprint density at radius 3 is 2.31 bits per heavy atom. The highest BCUT2D eigenvalue weighted by atomic mass is 32.2. The van der Waals surface area contributed by atoms with Gasteiger partial charge >= 0.3 is 11.5 Å². The minimum Gasteiger partial charge on any atom is -0.496 e. The first-order valence-corrected chi connectivity index (χ1v) is 16.9. The molecule has 2 fully saturated rings. The number of nitrogens with one attached hydrogen (secondary N) is 2. The molecule has 2 aliphatic rings. The van der Waals surface area contributed by atoms with Gasteiger partial charge in [0.15, 0.2) is 0 Å². The van der Waals surface area contributed by atoms with Gasteiger partial charge in [-0.2, -0.15) is 13.2 Å². The van der Waals surface area contributed by atoms with E-state index in [4.69, 9.17) is 4.74 Å². The summed E-state index contributed by atoms with van der Waals surface area (Å²) in [6.07, 6.45) is 2.27. The molecule has 0 saturated heterocycles. The van der Waals surface area contributed by atoms with E-state index in [1.54, 1.807) is 43.3 Å². The van der Waals surface area contributed by atoms with Gasteiger partial charge in [-0.25, -0.2) is 12.8 Å². The zero-order valence-corrected chi connectivity index (χ0v) is 27.6. The Bertz CT molecular complexity index is 1870. The number of aliphatic carboxylic acids is 1. The fourth-order valence-electron chi connectivity index (χ4n) is 6.86. The molecule has 4 unspecified atom stereocenters. The number of likely N-dealkylation sites (N-methyl/N-ethyl adjacent to an activating group) is 1. The molecule has 5 rings (SSSR count). The van der Waals surface area contributed by atoms with Crippen molar-refractivity contribution >= 4 is 33.3 Å². The highest BCUT2D eigenvalue weighted by Crippen LogP contribution is 2.49. The Balaban J connectivity index is 1.37. The fourth-order valence-corrected chi connectivity index (χ4v) is 7.67. The van der Waals surface area contributed by atoms with Gasteiger partial charge in [-0.1, -0.05) is 30.3 Å². The third-order valence-electron chi connectivity index (χ3n) is 9.37. The molecule has 5 atom stereocenters. The molecular formula is C34H35F4N3O7S. The van der Waals surface area contributed by atoms with Crippen molar-refractivity contribution in [2.45, 2.75) is 48.2 Å². The van der Waals surface area contributed by atoms with Gasteiger partial charge in [-0.3, -0.25) is 19.3 Å². The van der Waals surface area contributed by atoms with E-state index >= 15 is 4.39 Å². The van der Waals surface area contributed by atoms with Gasteiger partial charge in [0.05, 0.1) is 23.5 Å². The van der Waals surface area contributed by atoms with Crippen LogP contribution in [0.3, 0.4) is 0 Å². The minimum atomic E-state index is -5.64. The number of carboxylic acids is 1. The van der Waals surface area contributed by atoms with Gasteiger partial charge in [0.25, 0.3) is 15.7 Å². The van der Waals surface area contributed by atoms with Crippen molar-refractivity contribution in [2.75, 3.05) is 26.5 Å². The number of methoxy groups -OCH3 is 1. The number of amides is 2. The van der Waals surface area contributed by atoms with E-state index in [0.29, 0.717) is 24.0 Å². The van der Waals surface area contributed by atoms with E-state index < -0.39 is 61.8 Å². The summed E-state index contributed by atoms with van der Waals surface area (Å²) in [6.45, 7) is 0. The molecule has 10 nitrogen and oxygen atoms in total. The van der Waals surface area contributed by atoms with Gasteiger partial charge in [-0.05, 0) is 87.0 Å². The molecular weight excluding hydrogens is 670 g/mol. The van der Waals surface area contributed by atoms with Crippen molar-refractivity contribution in [1.82, 2.24) is 10.2 Å². The molecule has 3 N–H and O–H groups in total. The molecule has 2 amide bonds. The third kappa shape index (κ3) is 7.27. The van der Waals surface area contributed by atoms with Crippen molar-refractivity contribution in [1.29, 1.82) is 0 Å². The Morgan fingerprint density at radius 2 is 1.69 bits per heavy atom. The summed E-state index contributed by atoms with van der Waals surface area (Å²) in [5, 5.41) is 14.9. The number of nitrogens with zero attached hydrogens (tertiary/aromatic N) is 1. The van der Waals surface area contributed by atoms with Crippen LogP contribution in [0.2, 0.25) is 0 Å². The average molecular weight is 706 g/mol. The Hall–Kier alpha value is -4.50. The second kappa shape index (κ2) is 13.8. The first-order valence-electron chi connectivity index (χ1n) is 15.4. The lowest BCUT2D eigenvalue weighted by atomic mass is 9.83. The number of rotatable bonds is 11. The molecule has 0 spiro atoms. The van der Waals surface area contributed by atoms with Gasteiger partial charge < -0.3 is 20.5 Å². The number of hydrogen-bond donors (Lipinski definition) is 3. The van der Waals surface area contributed by atoms with Crippen LogP contribution in [0.15, 0.2) is 65.6 Å². The maximum Gasteiger partial charge on any atom is 0.501 e. The maximum atomic E-state index is 15.3. The van der Waals surface area contributed by atoms with Crippen LogP contribution in [0, 0.1) is 23.6 Å². The molecule has 0 aromatic heterocycles. The highest BCUT2D eigenvalue weighted by molar-refractivity contribution is 7.92. The van der Waals surface area contributed by atoms with Crippen LogP contribution in [0.5, 0.6) is 5.75 Å². The van der Waals surface area contributed by atoms with E-state index in [0.717, 1.165) is 30.7 Å². The fraction of sp³-hybridized carbons (Fsp3) is 0.382. The SMILES string of the molecule is COc1cc(F)c(-c2ccc(C[C@H](C(=O)O)N(C)C)cc2)cc1C(=O)NC1C2CCC(C2)C1C(=O)Nc1cccc(S(=O)(=O)C(F)(F)F)c1. The average Bonchev–Trinajstić information content (AvgIpc) is 3.65. The summed E-state index contributed by atoms with van der Waals surface area (Å²) < 4.78 is 83.8. The predicted octanol–water partition coefficient (Wildman–Crippen LogP) is 5.14. The number of fused-ring (bicyclic) bond motifs is 2. The molecule has 49 heavy (non-hydrogen) atoms. The lowest BCUT2D eigenvalue weighted by molar-refractivity contribution is -0.142. The first kappa shape index (κ1) is 35.8. The largest absolute Gasteiger partial charge is 0.501 e. The smallest absolute Gasteiger partial charge is 0.496 e. The minimum absolute atomic E-state index is 0.00788. The van der Waals surface area contributed by atoms with Crippen molar-refractivity contribution in [3.05, 3.63) is 77.6 Å². The number of hydrogen-bond acceptors (Lipinski definition) is 7. The van der Waals surface area contributed by atoms with Gasteiger partial charge in [-0.15, -0.1) is 0 Å². The van der Waals surface area contributed by atoms with Crippen molar-refractivity contribution in [3.8, 4) is 16.9 Å². The number of sulfone groups is 1. The lowest BCUT2D eigenvalue weighted by Crippen LogP contribution is -2.48. The Labute approximate surface area is 280 Å². The Kier molecular flexibility index (Phi) is 10.1. The number of halogens is 4.